The molecule has 4 rings (SSSR count). The summed E-state index contributed by atoms with van der Waals surface area (Å²) in [5, 5.41) is 3.14. The number of nitrogens with zero attached hydrogens (tertiary/aromatic N) is 1. The Balaban J connectivity index is 1.39. The van der Waals surface area contributed by atoms with E-state index in [1.165, 1.54) is 11.3 Å². The van der Waals surface area contributed by atoms with E-state index in [9.17, 15) is 9.59 Å². The molecule has 0 radical (unpaired) electrons. The highest BCUT2D eigenvalue weighted by Crippen LogP contribution is 2.57. The van der Waals surface area contributed by atoms with Crippen molar-refractivity contribution in [2.75, 3.05) is 13.2 Å². The standard InChI is InChI=1S/C20H24N2O3/c1-3-25-17-11-16(20(17)9-6-10-20)21-18(23)12-22-13(2)14-7-4-5-8-15(14)19(22)24/h4-5,7-8,16-17H,2-3,6,9-12H2,1H3,(H,21,23)/t16-,17-/m1/s1. The molecule has 1 spiro atoms. The molecule has 0 aromatic heterocycles. The zero-order valence-electron chi connectivity index (χ0n) is 14.6. The molecule has 5 heteroatoms. The molecule has 1 heterocycles. The fraction of sp³-hybridized carbons (Fsp3) is 0.500. The van der Waals surface area contributed by atoms with Gasteiger partial charge in [-0.15, -0.1) is 0 Å². The van der Waals surface area contributed by atoms with E-state index in [2.05, 4.69) is 11.9 Å². The Morgan fingerprint density at radius 2 is 2.08 bits per heavy atom. The van der Waals surface area contributed by atoms with Crippen LogP contribution in [-0.4, -0.2) is 42.0 Å². The molecule has 132 valence electrons. The summed E-state index contributed by atoms with van der Waals surface area (Å²) in [4.78, 5) is 26.5. The summed E-state index contributed by atoms with van der Waals surface area (Å²) in [6, 6.07) is 7.52. The molecule has 1 N–H and O–H groups in total. The van der Waals surface area contributed by atoms with Crippen LogP contribution in [0.15, 0.2) is 30.8 Å². The normalized spacial score (nSPS) is 26.2. The Hall–Kier alpha value is -2.14. The fourth-order valence-corrected chi connectivity index (χ4v) is 4.53. The molecule has 2 atom stereocenters. The van der Waals surface area contributed by atoms with Gasteiger partial charge in [0.05, 0.1) is 6.10 Å². The van der Waals surface area contributed by atoms with E-state index in [4.69, 9.17) is 4.74 Å². The van der Waals surface area contributed by atoms with Crippen molar-refractivity contribution in [3.8, 4) is 0 Å². The van der Waals surface area contributed by atoms with Crippen LogP contribution in [0.4, 0.5) is 0 Å². The van der Waals surface area contributed by atoms with E-state index in [-0.39, 0.29) is 35.9 Å². The van der Waals surface area contributed by atoms with Crippen LogP contribution in [0.2, 0.25) is 0 Å². The highest BCUT2D eigenvalue weighted by molar-refractivity contribution is 6.10. The summed E-state index contributed by atoms with van der Waals surface area (Å²) >= 11 is 0. The van der Waals surface area contributed by atoms with Gasteiger partial charge in [0.2, 0.25) is 5.91 Å². The SMILES string of the molecule is C=C1c2ccccc2C(=O)N1CC(=O)N[C@@H]1C[C@@H](OCC)C12CCC2. The van der Waals surface area contributed by atoms with Gasteiger partial charge in [0.15, 0.2) is 0 Å². The Bertz CT molecular complexity index is 703. The molecule has 2 saturated carbocycles. The molecule has 1 aromatic carbocycles. The maximum Gasteiger partial charge on any atom is 0.259 e. The second-order valence-electron chi connectivity index (χ2n) is 7.27. The van der Waals surface area contributed by atoms with Crippen LogP contribution in [0.1, 0.15) is 48.5 Å². The maximum atomic E-state index is 12.5. The third-order valence-electron chi connectivity index (χ3n) is 6.11. The number of fused-ring (bicyclic) bond motifs is 1. The van der Waals surface area contributed by atoms with Crippen molar-refractivity contribution in [3.05, 3.63) is 42.0 Å². The minimum atomic E-state index is -0.144. The molecular weight excluding hydrogens is 316 g/mol. The number of nitrogens with one attached hydrogen (secondary N) is 1. The summed E-state index contributed by atoms with van der Waals surface area (Å²) in [6.45, 7) is 6.75. The molecular formula is C20H24N2O3. The third-order valence-corrected chi connectivity index (χ3v) is 6.11. The summed E-state index contributed by atoms with van der Waals surface area (Å²) in [7, 11) is 0. The number of hydrogen-bond donors (Lipinski definition) is 1. The number of hydrogen-bond acceptors (Lipinski definition) is 3. The van der Waals surface area contributed by atoms with Crippen molar-refractivity contribution >= 4 is 17.5 Å². The molecule has 25 heavy (non-hydrogen) atoms. The van der Waals surface area contributed by atoms with Crippen LogP contribution in [0.5, 0.6) is 0 Å². The predicted octanol–water partition coefficient (Wildman–Crippen LogP) is 2.58. The first-order valence-electron chi connectivity index (χ1n) is 9.08. The number of amides is 2. The lowest BCUT2D eigenvalue weighted by Crippen LogP contribution is -2.68. The second-order valence-corrected chi connectivity index (χ2v) is 7.27. The fourth-order valence-electron chi connectivity index (χ4n) is 4.53. The van der Waals surface area contributed by atoms with Crippen LogP contribution in [0, 0.1) is 5.41 Å². The van der Waals surface area contributed by atoms with Crippen LogP contribution in [0.25, 0.3) is 5.70 Å². The molecule has 0 unspecified atom stereocenters. The van der Waals surface area contributed by atoms with Crippen molar-refractivity contribution in [1.82, 2.24) is 10.2 Å². The van der Waals surface area contributed by atoms with Crippen LogP contribution in [0.3, 0.4) is 0 Å². The van der Waals surface area contributed by atoms with Crippen LogP contribution in [-0.2, 0) is 9.53 Å². The monoisotopic (exact) mass is 340 g/mol. The van der Waals surface area contributed by atoms with Gasteiger partial charge in [-0.25, -0.2) is 0 Å². The molecule has 2 amide bonds. The topological polar surface area (TPSA) is 58.6 Å². The van der Waals surface area contributed by atoms with Crippen LogP contribution >= 0.6 is 0 Å². The van der Waals surface area contributed by atoms with E-state index in [0.29, 0.717) is 17.9 Å². The van der Waals surface area contributed by atoms with E-state index >= 15 is 0 Å². The number of ether oxygens (including phenoxy) is 1. The maximum absolute atomic E-state index is 12.5. The van der Waals surface area contributed by atoms with Crippen molar-refractivity contribution in [2.24, 2.45) is 5.41 Å². The van der Waals surface area contributed by atoms with Crippen molar-refractivity contribution in [1.29, 1.82) is 0 Å². The van der Waals surface area contributed by atoms with E-state index in [1.54, 1.807) is 6.07 Å². The lowest BCUT2D eigenvalue weighted by molar-refractivity contribution is -0.175. The highest BCUT2D eigenvalue weighted by Gasteiger charge is 2.59. The van der Waals surface area contributed by atoms with Gasteiger partial charge in [-0.2, -0.15) is 0 Å². The van der Waals surface area contributed by atoms with Crippen molar-refractivity contribution < 1.29 is 14.3 Å². The first-order valence-corrected chi connectivity index (χ1v) is 9.08. The summed E-state index contributed by atoms with van der Waals surface area (Å²) in [5.41, 5.74) is 2.17. The molecule has 1 aliphatic heterocycles. The van der Waals surface area contributed by atoms with Gasteiger partial charge in [0.1, 0.15) is 6.54 Å². The molecule has 3 aliphatic rings. The zero-order chi connectivity index (χ0) is 17.6. The number of benzene rings is 1. The average molecular weight is 340 g/mol. The Morgan fingerprint density at radius 1 is 1.36 bits per heavy atom. The second kappa shape index (κ2) is 5.99. The molecule has 0 saturated heterocycles. The van der Waals surface area contributed by atoms with E-state index in [0.717, 1.165) is 24.8 Å². The Kier molecular flexibility index (Phi) is 3.91. The molecule has 2 fully saturated rings. The first-order chi connectivity index (χ1) is 12.1. The first kappa shape index (κ1) is 16.3. The van der Waals surface area contributed by atoms with Gasteiger partial charge in [-0.05, 0) is 32.3 Å². The molecule has 5 nitrogen and oxygen atoms in total. The van der Waals surface area contributed by atoms with E-state index in [1.807, 2.05) is 25.1 Å². The highest BCUT2D eigenvalue weighted by atomic mass is 16.5. The molecule has 0 bridgehead atoms. The van der Waals surface area contributed by atoms with Crippen LogP contribution < -0.4 is 5.32 Å². The third kappa shape index (κ3) is 2.41. The van der Waals surface area contributed by atoms with Gasteiger partial charge in [-0.1, -0.05) is 31.2 Å². The smallest absolute Gasteiger partial charge is 0.259 e. The quantitative estimate of drug-likeness (QED) is 0.896. The van der Waals surface area contributed by atoms with Crippen molar-refractivity contribution in [3.63, 3.8) is 0 Å². The van der Waals surface area contributed by atoms with Gasteiger partial charge in [-0.3, -0.25) is 14.5 Å². The Labute approximate surface area is 148 Å². The van der Waals surface area contributed by atoms with Gasteiger partial charge in [0, 0.05) is 34.9 Å². The van der Waals surface area contributed by atoms with Gasteiger partial charge >= 0.3 is 0 Å². The minimum Gasteiger partial charge on any atom is -0.378 e. The van der Waals surface area contributed by atoms with E-state index < -0.39 is 0 Å². The average Bonchev–Trinajstić information content (AvgIpc) is 2.78. The number of rotatable bonds is 5. The number of carbonyl (C=O) groups is 2. The minimum absolute atomic E-state index is 0.0260. The lowest BCUT2D eigenvalue weighted by Gasteiger charge is -2.61. The summed E-state index contributed by atoms with van der Waals surface area (Å²) in [5.74, 6) is -0.261. The lowest BCUT2D eigenvalue weighted by atomic mass is 9.51. The van der Waals surface area contributed by atoms with Gasteiger partial charge in [0.25, 0.3) is 5.91 Å². The molecule has 2 aliphatic carbocycles. The van der Waals surface area contributed by atoms with Crippen molar-refractivity contribution in [2.45, 2.75) is 44.8 Å². The zero-order valence-corrected chi connectivity index (χ0v) is 14.6. The largest absolute Gasteiger partial charge is 0.378 e. The summed E-state index contributed by atoms with van der Waals surface area (Å²) < 4.78 is 5.83. The predicted molar refractivity (Wildman–Crippen MR) is 94.8 cm³/mol. The summed E-state index contributed by atoms with van der Waals surface area (Å²) in [6.07, 6.45) is 4.57. The molecule has 1 aromatic rings. The van der Waals surface area contributed by atoms with Gasteiger partial charge < -0.3 is 10.1 Å². The Morgan fingerprint density at radius 3 is 2.68 bits per heavy atom. The number of carbonyl (C=O) groups excluding carboxylic acids is 2.